The Bertz CT molecular complexity index is 684. The third-order valence-corrected chi connectivity index (χ3v) is 5.66. The molecule has 1 heterocycles. The van der Waals surface area contributed by atoms with Gasteiger partial charge in [0, 0.05) is 5.69 Å². The van der Waals surface area contributed by atoms with E-state index >= 15 is 0 Å². The number of hydrogen-bond acceptors (Lipinski definition) is 3. The molecule has 0 bridgehead atoms. The van der Waals surface area contributed by atoms with Crippen LogP contribution in [-0.2, 0) is 16.0 Å². The summed E-state index contributed by atoms with van der Waals surface area (Å²) in [4.78, 5) is 24.6. The zero-order chi connectivity index (χ0) is 22.0. The Morgan fingerprint density at radius 2 is 1.61 bits per heavy atom. The third-order valence-electron chi connectivity index (χ3n) is 5.66. The van der Waals surface area contributed by atoms with Crippen LogP contribution in [0.15, 0.2) is 24.3 Å². The second-order valence-corrected chi connectivity index (χ2v) is 9.31. The quantitative estimate of drug-likeness (QED) is 0.181. The van der Waals surface area contributed by atoms with Gasteiger partial charge in [0.15, 0.2) is 5.54 Å². The number of nitrogens with zero attached hydrogens (tertiary/aromatic N) is 1. The first-order chi connectivity index (χ1) is 14.3. The second kappa shape index (κ2) is 13.3. The second-order valence-electron chi connectivity index (χ2n) is 9.31. The van der Waals surface area contributed by atoms with Crippen molar-refractivity contribution in [1.82, 2.24) is 5.32 Å². The average Bonchev–Trinajstić information content (AvgIpc) is 2.64. The maximum absolute atomic E-state index is 12.6. The van der Waals surface area contributed by atoms with Crippen LogP contribution in [0.3, 0.4) is 0 Å². The van der Waals surface area contributed by atoms with Crippen molar-refractivity contribution in [2.75, 3.05) is 39.1 Å². The van der Waals surface area contributed by atoms with Crippen LogP contribution in [0.1, 0.15) is 64.4 Å². The number of halogens is 1. The van der Waals surface area contributed by atoms with E-state index in [1.165, 1.54) is 44.1 Å². The fourth-order valence-electron chi connectivity index (χ4n) is 4.58. The van der Waals surface area contributed by atoms with Crippen LogP contribution in [0, 0.1) is 0 Å². The largest absolute Gasteiger partial charge is 1.00 e. The van der Waals surface area contributed by atoms with Gasteiger partial charge in [0.1, 0.15) is 13.1 Å². The van der Waals surface area contributed by atoms with Crippen molar-refractivity contribution in [2.24, 2.45) is 0 Å². The van der Waals surface area contributed by atoms with Crippen LogP contribution >= 0.6 is 0 Å². The van der Waals surface area contributed by atoms with E-state index in [0.29, 0.717) is 19.7 Å². The molecule has 2 rings (SSSR count). The standard InChI is InChI=1S/C24H39N3O3.HI/c1-5-7-8-9-10-11-12-20-13-15-21(16-14-20)25-23(29)26-24(17-22(28)30-6-2)18-27(3,4)19-24;/h13-16H,5-12,17-19H2,1-4H3,(H-,25,26,29);1H. The molecule has 0 spiro atoms. The summed E-state index contributed by atoms with van der Waals surface area (Å²) < 4.78 is 5.87. The lowest BCUT2D eigenvalue weighted by Crippen LogP contribution is -3.00. The highest BCUT2D eigenvalue weighted by Crippen LogP contribution is 2.29. The van der Waals surface area contributed by atoms with E-state index in [1.54, 1.807) is 6.92 Å². The number of anilines is 1. The minimum absolute atomic E-state index is 0. The summed E-state index contributed by atoms with van der Waals surface area (Å²) >= 11 is 0. The number of carbonyl (C=O) groups is 2. The molecule has 0 aliphatic carbocycles. The van der Waals surface area contributed by atoms with Crippen LogP contribution in [0.5, 0.6) is 0 Å². The van der Waals surface area contributed by atoms with E-state index < -0.39 is 5.54 Å². The minimum Gasteiger partial charge on any atom is -1.00 e. The molecule has 0 aromatic heterocycles. The predicted molar refractivity (Wildman–Crippen MR) is 121 cm³/mol. The Hall–Kier alpha value is -1.35. The number of benzene rings is 1. The van der Waals surface area contributed by atoms with Crippen LogP contribution < -0.4 is 34.6 Å². The number of urea groups is 1. The molecule has 0 radical (unpaired) electrons. The lowest BCUT2D eigenvalue weighted by molar-refractivity contribution is -0.940. The SMILES string of the molecule is CCCCCCCCc1ccc(NC(=O)NC2(CC(=O)OCC)C[N+](C)(C)C2)cc1.[I-]. The fraction of sp³-hybridized carbons (Fsp3) is 0.667. The Morgan fingerprint density at radius 3 is 2.19 bits per heavy atom. The Labute approximate surface area is 205 Å². The van der Waals surface area contributed by atoms with Crippen LogP contribution in [0.25, 0.3) is 0 Å². The number of likely N-dealkylation sites (N-methyl/N-ethyl adjacent to an activating group) is 1. The van der Waals surface area contributed by atoms with Gasteiger partial charge >= 0.3 is 12.0 Å². The maximum atomic E-state index is 12.6. The summed E-state index contributed by atoms with van der Waals surface area (Å²) in [7, 11) is 4.18. The van der Waals surface area contributed by atoms with Crippen molar-refractivity contribution in [3.8, 4) is 0 Å². The normalized spacial score (nSPS) is 15.9. The molecule has 1 aliphatic heterocycles. The van der Waals surface area contributed by atoms with Crippen molar-refractivity contribution in [3.05, 3.63) is 29.8 Å². The molecule has 0 atom stereocenters. The van der Waals surface area contributed by atoms with Crippen LogP contribution in [0.4, 0.5) is 10.5 Å². The van der Waals surface area contributed by atoms with E-state index in [9.17, 15) is 9.59 Å². The summed E-state index contributed by atoms with van der Waals surface area (Å²) in [6, 6.07) is 7.79. The van der Waals surface area contributed by atoms with Gasteiger partial charge in [-0.3, -0.25) is 4.79 Å². The molecular weight excluding hydrogens is 505 g/mol. The number of unbranched alkanes of at least 4 members (excludes halogenated alkanes) is 5. The smallest absolute Gasteiger partial charge is 0.320 e. The molecule has 1 aliphatic rings. The number of rotatable bonds is 12. The number of ether oxygens (including phenoxy) is 1. The number of hydrogen-bond donors (Lipinski definition) is 2. The topological polar surface area (TPSA) is 67.4 Å². The van der Waals surface area contributed by atoms with E-state index in [2.05, 4.69) is 43.8 Å². The van der Waals surface area contributed by atoms with Gasteiger partial charge in [-0.25, -0.2) is 4.79 Å². The molecule has 1 aromatic carbocycles. The van der Waals surface area contributed by atoms with E-state index in [4.69, 9.17) is 4.74 Å². The lowest BCUT2D eigenvalue weighted by atomic mass is 9.84. The van der Waals surface area contributed by atoms with Gasteiger partial charge in [-0.2, -0.15) is 0 Å². The van der Waals surface area contributed by atoms with E-state index in [1.807, 2.05) is 12.1 Å². The molecule has 176 valence electrons. The average molecular weight is 546 g/mol. The number of carbonyl (C=O) groups excluding carboxylic acids is 2. The number of esters is 1. The third kappa shape index (κ3) is 9.76. The molecule has 7 heteroatoms. The minimum atomic E-state index is -0.544. The van der Waals surface area contributed by atoms with Gasteiger partial charge in [0.05, 0.1) is 27.1 Å². The molecule has 1 fully saturated rings. The van der Waals surface area contributed by atoms with E-state index in [-0.39, 0.29) is 42.4 Å². The first kappa shape index (κ1) is 27.7. The monoisotopic (exact) mass is 545 g/mol. The molecule has 2 N–H and O–H groups in total. The lowest BCUT2D eigenvalue weighted by Gasteiger charge is -2.52. The van der Waals surface area contributed by atoms with Crippen molar-refractivity contribution < 1.29 is 42.8 Å². The Morgan fingerprint density at radius 1 is 1.00 bits per heavy atom. The summed E-state index contributed by atoms with van der Waals surface area (Å²) in [5.74, 6) is -0.267. The highest BCUT2D eigenvalue weighted by molar-refractivity contribution is 5.90. The summed E-state index contributed by atoms with van der Waals surface area (Å²) in [6.45, 7) is 5.79. The number of likely N-dealkylation sites (tertiary alicyclic amines) is 1. The van der Waals surface area contributed by atoms with Gasteiger partial charge in [-0.1, -0.05) is 51.2 Å². The number of amides is 2. The number of aryl methyl sites for hydroxylation is 1. The van der Waals surface area contributed by atoms with Gasteiger partial charge < -0.3 is 43.8 Å². The summed E-state index contributed by atoms with van der Waals surface area (Å²) in [5.41, 5.74) is 1.52. The van der Waals surface area contributed by atoms with Gasteiger partial charge in [-0.15, -0.1) is 0 Å². The molecular formula is C24H40IN3O3. The van der Waals surface area contributed by atoms with Gasteiger partial charge in [-0.05, 0) is 37.5 Å². The van der Waals surface area contributed by atoms with Gasteiger partial charge in [0.2, 0.25) is 0 Å². The number of nitrogens with one attached hydrogen (secondary N) is 2. The van der Waals surface area contributed by atoms with Crippen molar-refractivity contribution in [3.63, 3.8) is 0 Å². The first-order valence-electron chi connectivity index (χ1n) is 11.4. The molecule has 0 unspecified atom stereocenters. The van der Waals surface area contributed by atoms with Gasteiger partial charge in [0.25, 0.3) is 0 Å². The molecule has 6 nitrogen and oxygen atoms in total. The maximum Gasteiger partial charge on any atom is 0.320 e. The van der Waals surface area contributed by atoms with Crippen molar-refractivity contribution in [2.45, 2.75) is 70.8 Å². The van der Waals surface area contributed by atoms with E-state index in [0.717, 1.165) is 16.6 Å². The molecule has 2 amide bonds. The zero-order valence-electron chi connectivity index (χ0n) is 19.6. The van der Waals surface area contributed by atoms with Crippen LogP contribution in [0.2, 0.25) is 0 Å². The van der Waals surface area contributed by atoms with Crippen LogP contribution in [-0.4, -0.2) is 55.8 Å². The van der Waals surface area contributed by atoms with Crippen molar-refractivity contribution >= 4 is 17.7 Å². The predicted octanol–water partition coefficient (Wildman–Crippen LogP) is 1.50. The highest BCUT2D eigenvalue weighted by atomic mass is 127. The molecule has 0 saturated carbocycles. The zero-order valence-corrected chi connectivity index (χ0v) is 21.8. The first-order valence-corrected chi connectivity index (χ1v) is 11.4. The Balaban J connectivity index is 0.00000480. The van der Waals surface area contributed by atoms with Crippen molar-refractivity contribution in [1.29, 1.82) is 0 Å². The molecule has 1 aromatic rings. The highest BCUT2D eigenvalue weighted by Gasteiger charge is 2.54. The Kier molecular flexibility index (Phi) is 11.8. The molecule has 1 saturated heterocycles. The number of quaternary nitrogens is 1. The summed E-state index contributed by atoms with van der Waals surface area (Å²) in [6.07, 6.45) is 9.03. The molecule has 31 heavy (non-hydrogen) atoms. The summed E-state index contributed by atoms with van der Waals surface area (Å²) in [5, 5.41) is 5.94. The fourth-order valence-corrected chi connectivity index (χ4v) is 4.58.